The maximum Gasteiger partial charge on any atom is 0.319 e. The van der Waals surface area contributed by atoms with Crippen LogP contribution in [0.25, 0.3) is 11.1 Å². The number of para-hydroxylation sites is 1. The number of urea groups is 1. The Labute approximate surface area is 175 Å². The molecule has 3 rings (SSSR count). The van der Waals surface area contributed by atoms with Gasteiger partial charge in [-0.05, 0) is 30.2 Å². The van der Waals surface area contributed by atoms with Crippen LogP contribution in [0.2, 0.25) is 0 Å². The first-order valence-corrected chi connectivity index (χ1v) is 9.71. The Morgan fingerprint density at radius 2 is 1.53 bits per heavy atom. The van der Waals surface area contributed by atoms with Crippen molar-refractivity contribution >= 4 is 17.6 Å². The molecule has 0 unspecified atom stereocenters. The van der Waals surface area contributed by atoms with Crippen molar-refractivity contribution < 1.29 is 14.3 Å². The van der Waals surface area contributed by atoms with Gasteiger partial charge < -0.3 is 20.7 Å². The number of benzene rings is 2. The number of rotatable bonds is 9. The monoisotopic (exact) mass is 404 g/mol. The highest BCUT2D eigenvalue weighted by atomic mass is 16.5. The first-order valence-electron chi connectivity index (χ1n) is 9.71. The minimum atomic E-state index is -0.298. The molecular weight excluding hydrogens is 380 g/mol. The summed E-state index contributed by atoms with van der Waals surface area (Å²) >= 11 is 0. The van der Waals surface area contributed by atoms with Gasteiger partial charge in [-0.2, -0.15) is 0 Å². The van der Waals surface area contributed by atoms with Crippen LogP contribution >= 0.6 is 0 Å². The fourth-order valence-electron chi connectivity index (χ4n) is 2.77. The summed E-state index contributed by atoms with van der Waals surface area (Å²) in [4.78, 5) is 27.7. The number of carbonyl (C=O) groups excluding carboxylic acids is 2. The third kappa shape index (κ3) is 6.63. The van der Waals surface area contributed by atoms with Gasteiger partial charge in [0.05, 0.1) is 0 Å². The number of carbonyl (C=O) groups is 2. The summed E-state index contributed by atoms with van der Waals surface area (Å²) in [7, 11) is 0. The van der Waals surface area contributed by atoms with Gasteiger partial charge in [-0.1, -0.05) is 48.5 Å². The van der Waals surface area contributed by atoms with Crippen molar-refractivity contribution in [2.75, 3.05) is 25.0 Å². The summed E-state index contributed by atoms with van der Waals surface area (Å²) in [5.41, 5.74) is 2.64. The minimum absolute atomic E-state index is 0.0696. The molecule has 0 aliphatic carbocycles. The molecule has 2 aromatic carbocycles. The molecule has 3 amide bonds. The Hall–Kier alpha value is -3.87. The van der Waals surface area contributed by atoms with E-state index in [1.54, 1.807) is 24.5 Å². The molecule has 7 heteroatoms. The molecule has 30 heavy (non-hydrogen) atoms. The van der Waals surface area contributed by atoms with Crippen LogP contribution in [0.1, 0.15) is 6.42 Å². The molecule has 3 N–H and O–H groups in total. The minimum Gasteiger partial charge on any atom is -0.483 e. The molecule has 7 nitrogen and oxygen atoms in total. The predicted molar refractivity (Wildman–Crippen MR) is 116 cm³/mol. The molecule has 0 radical (unpaired) electrons. The van der Waals surface area contributed by atoms with E-state index in [2.05, 4.69) is 20.9 Å². The van der Waals surface area contributed by atoms with Gasteiger partial charge >= 0.3 is 6.03 Å². The third-order valence-corrected chi connectivity index (χ3v) is 4.23. The number of nitrogens with one attached hydrogen (secondary N) is 3. The fourth-order valence-corrected chi connectivity index (χ4v) is 2.77. The quantitative estimate of drug-likeness (QED) is 0.476. The van der Waals surface area contributed by atoms with Gasteiger partial charge in [0.1, 0.15) is 5.75 Å². The van der Waals surface area contributed by atoms with Gasteiger partial charge in [0.15, 0.2) is 6.61 Å². The smallest absolute Gasteiger partial charge is 0.319 e. The number of ether oxygens (including phenoxy) is 1. The van der Waals surface area contributed by atoms with E-state index >= 15 is 0 Å². The molecule has 3 aromatic rings. The molecule has 0 aliphatic rings. The van der Waals surface area contributed by atoms with E-state index in [0.29, 0.717) is 30.9 Å². The maximum absolute atomic E-state index is 12.1. The fraction of sp³-hybridized carbons (Fsp3) is 0.174. The Balaban J connectivity index is 1.35. The zero-order chi connectivity index (χ0) is 21.0. The van der Waals surface area contributed by atoms with Crippen molar-refractivity contribution in [3.05, 3.63) is 79.1 Å². The molecular formula is C23H24N4O3. The van der Waals surface area contributed by atoms with E-state index in [1.165, 1.54) is 0 Å². The predicted octanol–water partition coefficient (Wildman–Crippen LogP) is 3.46. The van der Waals surface area contributed by atoms with Gasteiger partial charge in [-0.3, -0.25) is 9.78 Å². The first kappa shape index (κ1) is 20.9. The second-order valence-corrected chi connectivity index (χ2v) is 6.47. The first-order chi connectivity index (χ1) is 14.7. The molecule has 0 fully saturated rings. The second-order valence-electron chi connectivity index (χ2n) is 6.47. The summed E-state index contributed by atoms with van der Waals surface area (Å²) in [6.45, 7) is 0.812. The lowest BCUT2D eigenvalue weighted by Gasteiger charge is -2.12. The Kier molecular flexibility index (Phi) is 7.79. The zero-order valence-corrected chi connectivity index (χ0v) is 16.5. The van der Waals surface area contributed by atoms with Crippen molar-refractivity contribution in [2.24, 2.45) is 0 Å². The van der Waals surface area contributed by atoms with Crippen LogP contribution in [0.5, 0.6) is 5.75 Å². The molecule has 0 spiro atoms. The van der Waals surface area contributed by atoms with E-state index < -0.39 is 0 Å². The average Bonchev–Trinajstić information content (AvgIpc) is 2.79. The summed E-state index contributed by atoms with van der Waals surface area (Å²) < 4.78 is 5.72. The van der Waals surface area contributed by atoms with E-state index in [9.17, 15) is 9.59 Å². The van der Waals surface area contributed by atoms with E-state index in [1.807, 2.05) is 54.6 Å². The van der Waals surface area contributed by atoms with Crippen LogP contribution in [0.15, 0.2) is 79.1 Å². The molecule has 1 heterocycles. The largest absolute Gasteiger partial charge is 0.483 e. The highest BCUT2D eigenvalue weighted by Gasteiger charge is 2.08. The van der Waals surface area contributed by atoms with Crippen molar-refractivity contribution in [1.82, 2.24) is 15.6 Å². The normalized spacial score (nSPS) is 10.1. The highest BCUT2D eigenvalue weighted by Crippen LogP contribution is 2.29. The van der Waals surface area contributed by atoms with Gasteiger partial charge in [-0.25, -0.2) is 4.79 Å². The van der Waals surface area contributed by atoms with Crippen molar-refractivity contribution in [2.45, 2.75) is 6.42 Å². The molecule has 1 aromatic heterocycles. The van der Waals surface area contributed by atoms with Crippen LogP contribution in [-0.2, 0) is 4.79 Å². The van der Waals surface area contributed by atoms with Crippen molar-refractivity contribution in [1.29, 1.82) is 0 Å². The molecule has 0 aliphatic heterocycles. The number of anilines is 1. The molecule has 0 saturated heterocycles. The highest BCUT2D eigenvalue weighted by molar-refractivity contribution is 5.89. The topological polar surface area (TPSA) is 92.4 Å². The van der Waals surface area contributed by atoms with Crippen LogP contribution in [0.3, 0.4) is 0 Å². The summed E-state index contributed by atoms with van der Waals surface area (Å²) in [5, 5.41) is 8.23. The van der Waals surface area contributed by atoms with E-state index in [-0.39, 0.29) is 18.5 Å². The van der Waals surface area contributed by atoms with Crippen LogP contribution < -0.4 is 20.7 Å². The lowest BCUT2D eigenvalue weighted by atomic mass is 10.1. The maximum atomic E-state index is 12.1. The van der Waals surface area contributed by atoms with Crippen LogP contribution in [0.4, 0.5) is 10.5 Å². The number of nitrogens with zero attached hydrogens (tertiary/aromatic N) is 1. The molecule has 154 valence electrons. The standard InChI is InChI=1S/C23H24N4O3/c28-22(25-13-6-14-26-23(29)27-19-11-15-24-16-12-19)17-30-21-10-5-4-9-20(21)18-7-2-1-3-8-18/h1-5,7-12,15-16H,6,13-14,17H2,(H,25,28)(H2,24,26,27,29). The van der Waals surface area contributed by atoms with Gasteiger partial charge in [0.25, 0.3) is 5.91 Å². The molecule has 0 saturated carbocycles. The summed E-state index contributed by atoms with van der Waals surface area (Å²) in [5.74, 6) is 0.451. The number of amides is 3. The molecule has 0 bridgehead atoms. The van der Waals surface area contributed by atoms with Crippen LogP contribution in [-0.4, -0.2) is 36.6 Å². The number of hydrogen-bond donors (Lipinski definition) is 3. The number of hydrogen-bond acceptors (Lipinski definition) is 4. The molecule has 0 atom stereocenters. The van der Waals surface area contributed by atoms with Gasteiger partial charge in [0.2, 0.25) is 0 Å². The van der Waals surface area contributed by atoms with Crippen molar-refractivity contribution in [3.8, 4) is 16.9 Å². The van der Waals surface area contributed by atoms with Gasteiger partial charge in [-0.15, -0.1) is 0 Å². The zero-order valence-electron chi connectivity index (χ0n) is 16.5. The van der Waals surface area contributed by atoms with E-state index in [0.717, 1.165) is 11.1 Å². The SMILES string of the molecule is O=C(COc1ccccc1-c1ccccc1)NCCCNC(=O)Nc1ccncc1. The second kappa shape index (κ2) is 11.2. The lowest BCUT2D eigenvalue weighted by Crippen LogP contribution is -2.34. The Morgan fingerprint density at radius 1 is 0.833 bits per heavy atom. The average molecular weight is 404 g/mol. The summed E-state index contributed by atoms with van der Waals surface area (Å²) in [6, 6.07) is 20.6. The Bertz CT molecular complexity index is 949. The number of aromatic nitrogens is 1. The third-order valence-electron chi connectivity index (χ3n) is 4.23. The number of pyridine rings is 1. The summed E-state index contributed by atoms with van der Waals surface area (Å²) in [6.07, 6.45) is 3.81. The Morgan fingerprint density at radius 3 is 2.33 bits per heavy atom. The lowest BCUT2D eigenvalue weighted by molar-refractivity contribution is -0.123. The van der Waals surface area contributed by atoms with E-state index in [4.69, 9.17) is 4.74 Å². The van der Waals surface area contributed by atoms with Crippen molar-refractivity contribution in [3.63, 3.8) is 0 Å². The van der Waals surface area contributed by atoms with Crippen LogP contribution in [0, 0.1) is 0 Å². The van der Waals surface area contributed by atoms with Gasteiger partial charge in [0, 0.05) is 36.7 Å².